The Morgan fingerprint density at radius 3 is 2.80 bits per heavy atom. The first kappa shape index (κ1) is 9.13. The molecule has 0 spiro atoms. The van der Waals surface area contributed by atoms with Gasteiger partial charge in [-0.25, -0.2) is 4.98 Å². The number of fused-ring (bicyclic) bond motifs is 1. The number of nitrogens with zero attached hydrogens (tertiary/aromatic N) is 3. The fraction of sp³-hybridized carbons (Fsp3) is 0. The van der Waals surface area contributed by atoms with Crippen LogP contribution in [-0.2, 0) is 0 Å². The van der Waals surface area contributed by atoms with Gasteiger partial charge in [-0.15, -0.1) is 0 Å². The fourth-order valence-electron chi connectivity index (χ4n) is 1.23. The molecule has 0 radical (unpaired) electrons. The summed E-state index contributed by atoms with van der Waals surface area (Å²) >= 11 is 0. The molecule has 2 aromatic rings. The lowest BCUT2D eigenvalue weighted by molar-refractivity contribution is -0.387. The molecule has 0 fully saturated rings. The van der Waals surface area contributed by atoms with Crippen LogP contribution in [0.25, 0.3) is 11.0 Å². The minimum absolute atomic E-state index is 0.0538. The van der Waals surface area contributed by atoms with Crippen LogP contribution in [0.1, 0.15) is 0 Å². The lowest BCUT2D eigenvalue weighted by Crippen LogP contribution is -1.93. The van der Waals surface area contributed by atoms with Crippen molar-refractivity contribution in [3.8, 4) is 11.6 Å². The number of rotatable bonds is 1. The normalized spacial score (nSPS) is 10.4. The van der Waals surface area contributed by atoms with E-state index in [4.69, 9.17) is 0 Å². The molecule has 0 amide bonds. The van der Waals surface area contributed by atoms with E-state index < -0.39 is 22.2 Å². The summed E-state index contributed by atoms with van der Waals surface area (Å²) in [4.78, 5) is 16.9. The Labute approximate surface area is 82.8 Å². The third-order valence-electron chi connectivity index (χ3n) is 1.87. The second kappa shape index (κ2) is 3.05. The molecule has 0 aliphatic rings. The number of aromatic nitrogens is 2. The number of hydrogen-bond acceptors (Lipinski definition) is 6. The highest BCUT2D eigenvalue weighted by Gasteiger charge is 2.24. The lowest BCUT2D eigenvalue weighted by atomic mass is 10.2. The number of pyridine rings is 2. The highest BCUT2D eigenvalue weighted by atomic mass is 16.6. The maximum absolute atomic E-state index is 10.5. The smallest absolute Gasteiger partial charge is 0.372 e. The van der Waals surface area contributed by atoms with Gasteiger partial charge in [0, 0.05) is 6.20 Å². The summed E-state index contributed by atoms with van der Waals surface area (Å²) in [6.07, 6.45) is 1.40. The lowest BCUT2D eigenvalue weighted by Gasteiger charge is -2.01. The third-order valence-corrected chi connectivity index (χ3v) is 1.87. The quantitative estimate of drug-likeness (QED) is 0.532. The van der Waals surface area contributed by atoms with E-state index in [-0.39, 0.29) is 11.0 Å². The molecule has 0 saturated heterocycles. The predicted octanol–water partition coefficient (Wildman–Crippen LogP) is 0.949. The van der Waals surface area contributed by atoms with Gasteiger partial charge in [-0.2, -0.15) is 4.98 Å². The van der Waals surface area contributed by atoms with E-state index in [1.54, 1.807) is 0 Å². The predicted molar refractivity (Wildman–Crippen MR) is 49.5 cm³/mol. The SMILES string of the molecule is O=[N+]([O-])c1c(O)nc2ncccc2c1O. The van der Waals surface area contributed by atoms with Crippen molar-refractivity contribution in [3.63, 3.8) is 0 Å². The monoisotopic (exact) mass is 207 g/mol. The van der Waals surface area contributed by atoms with Crippen molar-refractivity contribution in [1.29, 1.82) is 0 Å². The average molecular weight is 207 g/mol. The first-order valence-corrected chi connectivity index (χ1v) is 3.92. The molecule has 2 aromatic heterocycles. The minimum atomic E-state index is -0.899. The van der Waals surface area contributed by atoms with Crippen molar-refractivity contribution in [1.82, 2.24) is 9.97 Å². The summed E-state index contributed by atoms with van der Waals surface area (Å²) in [5.41, 5.74) is -0.756. The topological polar surface area (TPSA) is 109 Å². The zero-order chi connectivity index (χ0) is 11.0. The zero-order valence-corrected chi connectivity index (χ0v) is 7.28. The largest absolute Gasteiger partial charge is 0.501 e. The van der Waals surface area contributed by atoms with Crippen molar-refractivity contribution >= 4 is 16.7 Å². The number of aromatic hydroxyl groups is 2. The van der Waals surface area contributed by atoms with Crippen molar-refractivity contribution < 1.29 is 15.1 Å². The molecule has 15 heavy (non-hydrogen) atoms. The van der Waals surface area contributed by atoms with Crippen molar-refractivity contribution in [2.45, 2.75) is 0 Å². The molecule has 7 nitrogen and oxygen atoms in total. The van der Waals surface area contributed by atoms with Crippen LogP contribution in [0.15, 0.2) is 18.3 Å². The van der Waals surface area contributed by atoms with Crippen LogP contribution < -0.4 is 0 Å². The molecule has 0 saturated carbocycles. The van der Waals surface area contributed by atoms with Crippen molar-refractivity contribution in [3.05, 3.63) is 28.4 Å². The molecular formula is C8H5N3O4. The van der Waals surface area contributed by atoms with Crippen LogP contribution in [0.2, 0.25) is 0 Å². The Bertz CT molecular complexity index is 555. The van der Waals surface area contributed by atoms with Gasteiger partial charge < -0.3 is 10.2 Å². The van der Waals surface area contributed by atoms with Crippen LogP contribution in [0.4, 0.5) is 5.69 Å². The average Bonchev–Trinajstić information content (AvgIpc) is 2.17. The summed E-state index contributed by atoms with van der Waals surface area (Å²) in [6, 6.07) is 2.93. The standard InChI is InChI=1S/C8H5N3O4/c12-6-4-2-1-3-9-7(4)10-8(13)5(6)11(14)15/h1-3H,(H2,9,10,12,13). The van der Waals surface area contributed by atoms with Crippen LogP contribution >= 0.6 is 0 Å². The van der Waals surface area contributed by atoms with E-state index in [1.165, 1.54) is 18.3 Å². The van der Waals surface area contributed by atoms with Gasteiger partial charge in [0.25, 0.3) is 5.88 Å². The fourth-order valence-corrected chi connectivity index (χ4v) is 1.23. The maximum atomic E-state index is 10.5. The van der Waals surface area contributed by atoms with Crippen molar-refractivity contribution in [2.75, 3.05) is 0 Å². The van der Waals surface area contributed by atoms with Crippen LogP contribution in [0.3, 0.4) is 0 Å². The van der Waals surface area contributed by atoms with Gasteiger partial charge in [0.1, 0.15) is 0 Å². The molecule has 0 aliphatic heterocycles. The first-order valence-electron chi connectivity index (χ1n) is 3.92. The van der Waals surface area contributed by atoms with Gasteiger partial charge in [-0.1, -0.05) is 0 Å². The van der Waals surface area contributed by atoms with E-state index in [0.29, 0.717) is 0 Å². The van der Waals surface area contributed by atoms with Gasteiger partial charge >= 0.3 is 5.69 Å². The minimum Gasteiger partial charge on any atom is -0.501 e. The second-order valence-electron chi connectivity index (χ2n) is 2.76. The summed E-state index contributed by atoms with van der Waals surface area (Å²) in [5, 5.41) is 29.4. The van der Waals surface area contributed by atoms with Gasteiger partial charge in [0.15, 0.2) is 5.65 Å². The number of hydrogen-bond donors (Lipinski definition) is 2. The van der Waals surface area contributed by atoms with Crippen LogP contribution in [-0.4, -0.2) is 25.1 Å². The molecule has 7 heteroatoms. The van der Waals surface area contributed by atoms with E-state index in [2.05, 4.69) is 9.97 Å². The molecule has 2 N–H and O–H groups in total. The molecule has 0 bridgehead atoms. The van der Waals surface area contributed by atoms with Gasteiger partial charge in [0.2, 0.25) is 5.75 Å². The Kier molecular flexibility index (Phi) is 1.86. The van der Waals surface area contributed by atoms with E-state index >= 15 is 0 Å². The van der Waals surface area contributed by atoms with Gasteiger partial charge in [0.05, 0.1) is 10.3 Å². The highest BCUT2D eigenvalue weighted by molar-refractivity contribution is 5.87. The van der Waals surface area contributed by atoms with Crippen LogP contribution in [0.5, 0.6) is 11.6 Å². The summed E-state index contributed by atoms with van der Waals surface area (Å²) in [5.74, 6) is -1.47. The van der Waals surface area contributed by atoms with E-state index in [1.807, 2.05) is 0 Å². The summed E-state index contributed by atoms with van der Waals surface area (Å²) in [6.45, 7) is 0. The molecule has 0 aromatic carbocycles. The molecule has 2 heterocycles. The molecule has 2 rings (SSSR count). The third kappa shape index (κ3) is 1.30. The van der Waals surface area contributed by atoms with E-state index in [0.717, 1.165) is 0 Å². The van der Waals surface area contributed by atoms with Crippen molar-refractivity contribution in [2.24, 2.45) is 0 Å². The maximum Gasteiger partial charge on any atom is 0.372 e. The molecule has 0 aliphatic carbocycles. The molecular weight excluding hydrogens is 202 g/mol. The van der Waals surface area contributed by atoms with Gasteiger partial charge in [-0.05, 0) is 12.1 Å². The Hall–Kier alpha value is -2.44. The van der Waals surface area contributed by atoms with E-state index in [9.17, 15) is 20.3 Å². The zero-order valence-electron chi connectivity index (χ0n) is 7.28. The molecule has 0 unspecified atom stereocenters. The van der Waals surface area contributed by atoms with Gasteiger partial charge in [-0.3, -0.25) is 10.1 Å². The molecule has 76 valence electrons. The number of nitro groups is 1. The Balaban J connectivity index is 2.90. The Morgan fingerprint density at radius 1 is 1.40 bits per heavy atom. The highest BCUT2D eigenvalue weighted by Crippen LogP contribution is 2.38. The molecule has 0 atom stereocenters. The first-order chi connectivity index (χ1) is 7.11. The summed E-state index contributed by atoms with van der Waals surface area (Å²) < 4.78 is 0. The second-order valence-corrected chi connectivity index (χ2v) is 2.76. The van der Waals surface area contributed by atoms with Crippen LogP contribution in [0, 0.1) is 10.1 Å². The Morgan fingerprint density at radius 2 is 2.13 bits per heavy atom. The summed E-state index contributed by atoms with van der Waals surface area (Å²) in [7, 11) is 0.